The average molecular weight is 223 g/mol. The van der Waals surface area contributed by atoms with E-state index >= 15 is 0 Å². The zero-order valence-corrected chi connectivity index (χ0v) is 11.2. The first kappa shape index (κ1) is 13.5. The number of hydrogen-bond acceptors (Lipinski definition) is 1. The fourth-order valence-electron chi connectivity index (χ4n) is 1.82. The van der Waals surface area contributed by atoms with Gasteiger partial charge in [0, 0.05) is 11.6 Å². The van der Waals surface area contributed by atoms with E-state index in [0.29, 0.717) is 6.10 Å². The molecule has 0 aromatic rings. The van der Waals surface area contributed by atoms with Gasteiger partial charge in [0.2, 0.25) is 8.32 Å². The van der Waals surface area contributed by atoms with Crippen LogP contribution in [0.25, 0.3) is 0 Å². The Kier molecular flexibility index (Phi) is 7.10. The molecule has 0 radical (unpaired) electrons. The molecule has 80 valence electrons. The van der Waals surface area contributed by atoms with Crippen molar-refractivity contribution in [2.45, 2.75) is 58.7 Å². The number of hydrogen-bond donors (Lipinski definition) is 0. The van der Waals surface area contributed by atoms with Gasteiger partial charge in [-0.3, -0.25) is 0 Å². The Hall–Kier alpha value is 0.467. The van der Waals surface area contributed by atoms with Crippen molar-refractivity contribution in [2.24, 2.45) is 0 Å². The van der Waals surface area contributed by atoms with Gasteiger partial charge < -0.3 is 4.43 Å². The van der Waals surface area contributed by atoms with E-state index in [1.165, 1.54) is 24.9 Å². The molecule has 0 aliphatic rings. The summed E-state index contributed by atoms with van der Waals surface area (Å²) in [6, 6.07) is 2.42. The van der Waals surface area contributed by atoms with Crippen LogP contribution in [0.4, 0.5) is 0 Å². The van der Waals surface area contributed by atoms with Gasteiger partial charge >= 0.3 is 0 Å². The van der Waals surface area contributed by atoms with E-state index in [4.69, 9.17) is 16.0 Å². The van der Waals surface area contributed by atoms with Gasteiger partial charge in [0.15, 0.2) is 0 Å². The fourth-order valence-corrected chi connectivity index (χ4v) is 6.45. The second-order valence-electron chi connectivity index (χ2n) is 3.98. The van der Waals surface area contributed by atoms with Crippen molar-refractivity contribution in [1.82, 2.24) is 0 Å². The van der Waals surface area contributed by atoms with E-state index in [1.54, 1.807) is 0 Å². The molecule has 0 aliphatic carbocycles. The van der Waals surface area contributed by atoms with Crippen molar-refractivity contribution in [3.05, 3.63) is 0 Å². The molecule has 0 atom stereocenters. The molecular formula is C10H23ClOSi. The summed E-state index contributed by atoms with van der Waals surface area (Å²) in [5.41, 5.74) is 0.757. The van der Waals surface area contributed by atoms with Crippen molar-refractivity contribution < 1.29 is 4.43 Å². The molecule has 0 bridgehead atoms. The summed E-state index contributed by atoms with van der Waals surface area (Å²) in [5.74, 6) is 0. The highest BCUT2D eigenvalue weighted by Crippen LogP contribution is 2.24. The minimum atomic E-state index is -1.57. The normalized spacial score (nSPS) is 12.5. The summed E-state index contributed by atoms with van der Waals surface area (Å²) >= 11 is 6.06. The molecule has 0 fully saturated rings. The summed E-state index contributed by atoms with van der Waals surface area (Å²) in [6.45, 7) is 8.65. The molecule has 3 heteroatoms. The van der Waals surface area contributed by atoms with Gasteiger partial charge in [-0.2, -0.15) is 0 Å². The van der Waals surface area contributed by atoms with Crippen LogP contribution in [0.15, 0.2) is 0 Å². The highest BCUT2D eigenvalue weighted by atomic mass is 35.5. The van der Waals surface area contributed by atoms with Crippen molar-refractivity contribution in [2.75, 3.05) is 5.50 Å². The van der Waals surface area contributed by atoms with Crippen molar-refractivity contribution in [3.63, 3.8) is 0 Å². The Balaban J connectivity index is 4.24. The SMILES string of the molecule is CCC[Si](CCl)(CCC)OC(C)C. The molecular weight excluding hydrogens is 200 g/mol. The maximum absolute atomic E-state index is 6.07. The first-order valence-corrected chi connectivity index (χ1v) is 8.40. The maximum atomic E-state index is 6.07. The third-order valence-corrected chi connectivity index (χ3v) is 7.88. The van der Waals surface area contributed by atoms with E-state index in [0.717, 1.165) is 5.50 Å². The van der Waals surface area contributed by atoms with Gasteiger partial charge in [-0.05, 0) is 25.9 Å². The first-order chi connectivity index (χ1) is 6.10. The van der Waals surface area contributed by atoms with Gasteiger partial charge in [0.25, 0.3) is 0 Å². The quantitative estimate of drug-likeness (QED) is 0.468. The van der Waals surface area contributed by atoms with E-state index < -0.39 is 8.32 Å². The summed E-state index contributed by atoms with van der Waals surface area (Å²) in [7, 11) is -1.57. The van der Waals surface area contributed by atoms with Crippen LogP contribution in [0.5, 0.6) is 0 Å². The van der Waals surface area contributed by atoms with Gasteiger partial charge in [-0.1, -0.05) is 26.7 Å². The van der Waals surface area contributed by atoms with Gasteiger partial charge in [0.05, 0.1) is 0 Å². The lowest BCUT2D eigenvalue weighted by atomic mass is 10.5. The van der Waals surface area contributed by atoms with Crippen molar-refractivity contribution >= 4 is 19.9 Å². The standard InChI is InChI=1S/C10H23ClOSi/c1-5-7-13(9-11,8-6-2)12-10(3)4/h10H,5-9H2,1-4H3. The molecule has 0 amide bonds. The minimum absolute atomic E-state index is 0.337. The lowest BCUT2D eigenvalue weighted by Gasteiger charge is -2.31. The maximum Gasteiger partial charge on any atom is 0.207 e. The molecule has 13 heavy (non-hydrogen) atoms. The summed E-state index contributed by atoms with van der Waals surface area (Å²) in [6.07, 6.45) is 2.74. The van der Waals surface area contributed by atoms with Crippen molar-refractivity contribution in [3.8, 4) is 0 Å². The molecule has 0 unspecified atom stereocenters. The molecule has 0 saturated heterocycles. The summed E-state index contributed by atoms with van der Waals surface area (Å²) < 4.78 is 6.07. The Labute approximate surface area is 88.9 Å². The molecule has 0 saturated carbocycles. The molecule has 0 spiro atoms. The third kappa shape index (κ3) is 5.04. The highest BCUT2D eigenvalue weighted by molar-refractivity contribution is 6.80. The second-order valence-corrected chi connectivity index (χ2v) is 8.65. The van der Waals surface area contributed by atoms with Crippen LogP contribution in [0.3, 0.4) is 0 Å². The fraction of sp³-hybridized carbons (Fsp3) is 1.00. The van der Waals surface area contributed by atoms with E-state index in [2.05, 4.69) is 27.7 Å². The summed E-state index contributed by atoms with van der Waals surface area (Å²) in [4.78, 5) is 0. The van der Waals surface area contributed by atoms with Gasteiger partial charge in [-0.15, -0.1) is 11.6 Å². The molecule has 0 aromatic heterocycles. The van der Waals surface area contributed by atoms with Crippen LogP contribution in [-0.2, 0) is 4.43 Å². The third-order valence-electron chi connectivity index (χ3n) is 2.14. The van der Waals surface area contributed by atoms with Gasteiger partial charge in [0.1, 0.15) is 0 Å². The first-order valence-electron chi connectivity index (χ1n) is 5.34. The largest absolute Gasteiger partial charge is 0.413 e. The second kappa shape index (κ2) is 6.85. The van der Waals surface area contributed by atoms with E-state index in [1.807, 2.05) is 0 Å². The Bertz CT molecular complexity index is 122. The predicted molar refractivity (Wildman–Crippen MR) is 62.9 cm³/mol. The van der Waals surface area contributed by atoms with Crippen LogP contribution in [-0.4, -0.2) is 19.9 Å². The Morgan fingerprint density at radius 3 is 1.85 bits per heavy atom. The Morgan fingerprint density at radius 2 is 1.62 bits per heavy atom. The highest BCUT2D eigenvalue weighted by Gasteiger charge is 2.33. The molecule has 0 aliphatic heterocycles. The van der Waals surface area contributed by atoms with Crippen LogP contribution in [0, 0.1) is 0 Å². The zero-order valence-electron chi connectivity index (χ0n) is 9.40. The molecule has 0 rings (SSSR count). The topological polar surface area (TPSA) is 9.23 Å². The van der Waals surface area contributed by atoms with Gasteiger partial charge in [-0.25, -0.2) is 0 Å². The number of rotatable bonds is 7. The smallest absolute Gasteiger partial charge is 0.207 e. The molecule has 1 nitrogen and oxygen atoms in total. The molecule has 0 N–H and O–H groups in total. The van der Waals surface area contributed by atoms with Crippen molar-refractivity contribution in [1.29, 1.82) is 0 Å². The number of alkyl halides is 1. The van der Waals surface area contributed by atoms with Crippen LogP contribution in [0.2, 0.25) is 12.1 Å². The van der Waals surface area contributed by atoms with E-state index in [-0.39, 0.29) is 0 Å². The van der Waals surface area contributed by atoms with Crippen LogP contribution >= 0.6 is 11.6 Å². The summed E-state index contributed by atoms with van der Waals surface area (Å²) in [5, 5.41) is 0. The van der Waals surface area contributed by atoms with E-state index in [9.17, 15) is 0 Å². The molecule has 0 aromatic carbocycles. The number of halogens is 1. The predicted octanol–water partition coefficient (Wildman–Crippen LogP) is 3.95. The Morgan fingerprint density at radius 1 is 1.15 bits per heavy atom. The monoisotopic (exact) mass is 222 g/mol. The lowest BCUT2D eigenvalue weighted by Crippen LogP contribution is -2.42. The average Bonchev–Trinajstić information content (AvgIpc) is 2.04. The zero-order chi connectivity index (χ0) is 10.3. The van der Waals surface area contributed by atoms with Crippen LogP contribution < -0.4 is 0 Å². The minimum Gasteiger partial charge on any atom is -0.413 e. The van der Waals surface area contributed by atoms with Crippen LogP contribution in [0.1, 0.15) is 40.5 Å². The molecule has 0 heterocycles. The lowest BCUT2D eigenvalue weighted by molar-refractivity contribution is 0.226.